The summed E-state index contributed by atoms with van der Waals surface area (Å²) < 4.78 is 10.6. The van der Waals surface area contributed by atoms with Crippen molar-refractivity contribution in [3.05, 3.63) is 0 Å². The standard InChI is InChI=1S/C14H26O3/c1-3-4-5-6-11-17-13-9-7-12(8-10-13)14(15)16-2/h12-13H,3-11H2,1-2H3. The number of carbonyl (C=O) groups is 1. The molecule has 0 N–H and O–H groups in total. The molecule has 0 unspecified atom stereocenters. The minimum Gasteiger partial charge on any atom is -0.469 e. The Morgan fingerprint density at radius 1 is 1.12 bits per heavy atom. The molecule has 1 rings (SSSR count). The minimum absolute atomic E-state index is 0.0496. The first-order valence-electron chi connectivity index (χ1n) is 6.97. The van der Waals surface area contributed by atoms with Crippen LogP contribution in [0, 0.1) is 5.92 Å². The second-order valence-electron chi connectivity index (χ2n) is 4.93. The maximum atomic E-state index is 11.3. The van der Waals surface area contributed by atoms with Crippen LogP contribution in [0.25, 0.3) is 0 Å². The average Bonchev–Trinajstić information content (AvgIpc) is 2.38. The van der Waals surface area contributed by atoms with E-state index in [1.165, 1.54) is 32.8 Å². The van der Waals surface area contributed by atoms with E-state index in [4.69, 9.17) is 9.47 Å². The molecule has 0 spiro atoms. The summed E-state index contributed by atoms with van der Waals surface area (Å²) in [5.74, 6) is 0.0614. The molecule has 0 aromatic heterocycles. The first-order chi connectivity index (χ1) is 8.27. The molecule has 1 fully saturated rings. The summed E-state index contributed by atoms with van der Waals surface area (Å²) in [6, 6.07) is 0. The molecule has 0 aliphatic heterocycles. The molecule has 0 aromatic carbocycles. The van der Waals surface area contributed by atoms with Crippen LogP contribution in [0.5, 0.6) is 0 Å². The summed E-state index contributed by atoms with van der Waals surface area (Å²) in [7, 11) is 1.47. The second kappa shape index (κ2) is 8.51. The lowest BCUT2D eigenvalue weighted by atomic mass is 9.87. The molecule has 17 heavy (non-hydrogen) atoms. The molecule has 1 aliphatic rings. The normalized spacial score (nSPS) is 24.6. The first kappa shape index (κ1) is 14.5. The molecule has 0 amide bonds. The van der Waals surface area contributed by atoms with Crippen LogP contribution in [0.1, 0.15) is 58.3 Å². The SMILES string of the molecule is CCCCCCOC1CCC(C(=O)OC)CC1. The van der Waals surface area contributed by atoms with Gasteiger partial charge in [0.05, 0.1) is 19.1 Å². The Morgan fingerprint density at radius 3 is 2.41 bits per heavy atom. The number of carbonyl (C=O) groups excluding carboxylic acids is 1. The average molecular weight is 242 g/mol. The van der Waals surface area contributed by atoms with Gasteiger partial charge in [-0.15, -0.1) is 0 Å². The van der Waals surface area contributed by atoms with E-state index in [-0.39, 0.29) is 11.9 Å². The van der Waals surface area contributed by atoms with Gasteiger partial charge in [-0.05, 0) is 32.1 Å². The smallest absolute Gasteiger partial charge is 0.308 e. The van der Waals surface area contributed by atoms with Crippen LogP contribution < -0.4 is 0 Å². The Labute approximate surface area is 105 Å². The predicted octanol–water partition coefficient (Wildman–Crippen LogP) is 3.32. The number of unbranched alkanes of at least 4 members (excludes halogenated alkanes) is 3. The van der Waals surface area contributed by atoms with E-state index in [9.17, 15) is 4.79 Å². The fourth-order valence-electron chi connectivity index (χ4n) is 2.41. The highest BCUT2D eigenvalue weighted by Gasteiger charge is 2.26. The van der Waals surface area contributed by atoms with Gasteiger partial charge in [-0.1, -0.05) is 26.2 Å². The summed E-state index contributed by atoms with van der Waals surface area (Å²) in [5.41, 5.74) is 0. The van der Waals surface area contributed by atoms with E-state index in [2.05, 4.69) is 6.92 Å². The van der Waals surface area contributed by atoms with Crippen LogP contribution >= 0.6 is 0 Å². The minimum atomic E-state index is -0.0496. The monoisotopic (exact) mass is 242 g/mol. The van der Waals surface area contributed by atoms with Gasteiger partial charge in [0.15, 0.2) is 0 Å². The Balaban J connectivity index is 2.05. The first-order valence-corrected chi connectivity index (χ1v) is 6.97. The topological polar surface area (TPSA) is 35.5 Å². The zero-order valence-electron chi connectivity index (χ0n) is 11.2. The molecular formula is C14H26O3. The van der Waals surface area contributed by atoms with Crippen molar-refractivity contribution in [2.45, 2.75) is 64.4 Å². The Kier molecular flexibility index (Phi) is 7.25. The van der Waals surface area contributed by atoms with E-state index < -0.39 is 0 Å². The molecular weight excluding hydrogens is 216 g/mol. The number of ether oxygens (including phenoxy) is 2. The third kappa shape index (κ3) is 5.53. The van der Waals surface area contributed by atoms with Gasteiger partial charge in [-0.3, -0.25) is 4.79 Å². The third-order valence-corrected chi connectivity index (χ3v) is 3.56. The van der Waals surface area contributed by atoms with Crippen molar-refractivity contribution < 1.29 is 14.3 Å². The van der Waals surface area contributed by atoms with Gasteiger partial charge in [0.1, 0.15) is 0 Å². The van der Waals surface area contributed by atoms with Crippen molar-refractivity contribution in [1.82, 2.24) is 0 Å². The zero-order chi connectivity index (χ0) is 12.5. The second-order valence-corrected chi connectivity index (χ2v) is 4.93. The predicted molar refractivity (Wildman–Crippen MR) is 67.9 cm³/mol. The fraction of sp³-hybridized carbons (Fsp3) is 0.929. The van der Waals surface area contributed by atoms with Gasteiger partial charge in [0, 0.05) is 6.61 Å². The summed E-state index contributed by atoms with van der Waals surface area (Å²) in [6.07, 6.45) is 9.25. The zero-order valence-corrected chi connectivity index (χ0v) is 11.2. The van der Waals surface area contributed by atoms with Crippen LogP contribution in [0.4, 0.5) is 0 Å². The molecule has 100 valence electrons. The molecule has 0 bridgehead atoms. The maximum Gasteiger partial charge on any atom is 0.308 e. The van der Waals surface area contributed by atoms with Crippen molar-refractivity contribution in [3.8, 4) is 0 Å². The number of methoxy groups -OCH3 is 1. The third-order valence-electron chi connectivity index (χ3n) is 3.56. The molecule has 1 aliphatic carbocycles. The van der Waals surface area contributed by atoms with E-state index in [1.54, 1.807) is 0 Å². The van der Waals surface area contributed by atoms with Crippen LogP contribution in [0.3, 0.4) is 0 Å². The van der Waals surface area contributed by atoms with Crippen LogP contribution in [-0.2, 0) is 14.3 Å². The fourth-order valence-corrected chi connectivity index (χ4v) is 2.41. The number of hydrogen-bond donors (Lipinski definition) is 0. The molecule has 0 atom stereocenters. The van der Waals surface area contributed by atoms with Crippen molar-refractivity contribution in [2.75, 3.05) is 13.7 Å². The summed E-state index contributed by atoms with van der Waals surface area (Å²) in [6.45, 7) is 3.10. The highest BCUT2D eigenvalue weighted by Crippen LogP contribution is 2.27. The Morgan fingerprint density at radius 2 is 1.82 bits per heavy atom. The number of rotatable bonds is 7. The summed E-state index contributed by atoms with van der Waals surface area (Å²) in [5, 5.41) is 0. The van der Waals surface area contributed by atoms with Crippen LogP contribution in [-0.4, -0.2) is 25.8 Å². The number of hydrogen-bond acceptors (Lipinski definition) is 3. The molecule has 1 saturated carbocycles. The highest BCUT2D eigenvalue weighted by atomic mass is 16.5. The van der Waals surface area contributed by atoms with Gasteiger partial charge in [-0.25, -0.2) is 0 Å². The van der Waals surface area contributed by atoms with Gasteiger partial charge in [-0.2, -0.15) is 0 Å². The van der Waals surface area contributed by atoms with E-state index >= 15 is 0 Å². The number of esters is 1. The quantitative estimate of drug-likeness (QED) is 0.507. The molecule has 0 radical (unpaired) electrons. The molecule has 0 heterocycles. The van der Waals surface area contributed by atoms with E-state index in [1.807, 2.05) is 0 Å². The molecule has 3 nitrogen and oxygen atoms in total. The van der Waals surface area contributed by atoms with Gasteiger partial charge >= 0.3 is 5.97 Å². The van der Waals surface area contributed by atoms with Crippen molar-refractivity contribution in [2.24, 2.45) is 5.92 Å². The van der Waals surface area contributed by atoms with Crippen molar-refractivity contribution >= 4 is 5.97 Å². The summed E-state index contributed by atoms with van der Waals surface area (Å²) >= 11 is 0. The van der Waals surface area contributed by atoms with Gasteiger partial charge in [0.2, 0.25) is 0 Å². The Hall–Kier alpha value is -0.570. The largest absolute Gasteiger partial charge is 0.469 e. The molecule has 3 heteroatoms. The van der Waals surface area contributed by atoms with E-state index in [0.29, 0.717) is 6.10 Å². The van der Waals surface area contributed by atoms with Gasteiger partial charge in [0.25, 0.3) is 0 Å². The van der Waals surface area contributed by atoms with Crippen LogP contribution in [0.2, 0.25) is 0 Å². The maximum absolute atomic E-state index is 11.3. The van der Waals surface area contributed by atoms with E-state index in [0.717, 1.165) is 32.3 Å². The Bertz CT molecular complexity index is 208. The van der Waals surface area contributed by atoms with Crippen LogP contribution in [0.15, 0.2) is 0 Å². The van der Waals surface area contributed by atoms with Crippen molar-refractivity contribution in [3.63, 3.8) is 0 Å². The van der Waals surface area contributed by atoms with Crippen molar-refractivity contribution in [1.29, 1.82) is 0 Å². The molecule has 0 saturated heterocycles. The lowest BCUT2D eigenvalue weighted by molar-refractivity contribution is -0.147. The highest BCUT2D eigenvalue weighted by molar-refractivity contribution is 5.72. The summed E-state index contributed by atoms with van der Waals surface area (Å²) in [4.78, 5) is 11.3. The lowest BCUT2D eigenvalue weighted by Crippen LogP contribution is -2.27. The lowest BCUT2D eigenvalue weighted by Gasteiger charge is -2.26. The molecule has 0 aromatic rings. The van der Waals surface area contributed by atoms with Gasteiger partial charge < -0.3 is 9.47 Å².